The lowest BCUT2D eigenvalue weighted by Gasteiger charge is -2.13. The lowest BCUT2D eigenvalue weighted by molar-refractivity contribution is -0.385. The average Bonchev–Trinajstić information content (AvgIpc) is 3.22. The van der Waals surface area contributed by atoms with Crippen molar-refractivity contribution in [1.29, 1.82) is 0 Å². The molecule has 1 aromatic rings. The summed E-state index contributed by atoms with van der Waals surface area (Å²) in [4.78, 5) is 35.0. The first kappa shape index (κ1) is 14.6. The smallest absolute Gasteiger partial charge is 0.311 e. The maximum atomic E-state index is 12.4. The summed E-state index contributed by atoms with van der Waals surface area (Å²) >= 11 is 0. The molecule has 1 saturated heterocycles. The highest BCUT2D eigenvalue weighted by molar-refractivity contribution is 6.06. The Kier molecular flexibility index (Phi) is 3.02. The number of hydrogen-bond donors (Lipinski definition) is 1. The quantitative estimate of drug-likeness (QED) is 0.297. The number of carbonyl (C=O) groups excluding carboxylic acids is 2. The van der Waals surface area contributed by atoms with Gasteiger partial charge in [0.15, 0.2) is 5.75 Å². The molecule has 4 atom stereocenters. The first-order valence-corrected chi connectivity index (χ1v) is 7.55. The standard InChI is InChI=1S/C16H13N3O5/c20-12-4-1-8(5-11(12)19(23)24)7-17-18-15(21)13-9-2-3-10(6-9)14(13)16(18)22/h1-5,7,9-10,13-14,20H,6H2/b17-7-/t9-,10+,13-,14-/m0/s1. The van der Waals surface area contributed by atoms with Crippen molar-refractivity contribution in [3.8, 4) is 5.75 Å². The number of nitrogens with zero attached hydrogens (tertiary/aromatic N) is 3. The second-order valence-corrected chi connectivity index (χ2v) is 6.24. The van der Waals surface area contributed by atoms with E-state index in [0.717, 1.165) is 17.5 Å². The van der Waals surface area contributed by atoms with Gasteiger partial charge in [0.2, 0.25) is 0 Å². The van der Waals surface area contributed by atoms with Crippen LogP contribution in [0.1, 0.15) is 12.0 Å². The van der Waals surface area contributed by atoms with Crippen LogP contribution in [0.5, 0.6) is 5.75 Å². The molecule has 0 radical (unpaired) electrons. The molecule has 2 bridgehead atoms. The fourth-order valence-electron chi connectivity index (χ4n) is 3.89. The number of phenolic OH excluding ortho intramolecular Hbond substituents is 1. The highest BCUT2D eigenvalue weighted by Crippen LogP contribution is 2.52. The Balaban J connectivity index is 1.59. The van der Waals surface area contributed by atoms with Gasteiger partial charge in [-0.2, -0.15) is 10.1 Å². The highest BCUT2D eigenvalue weighted by Gasteiger charge is 2.59. The van der Waals surface area contributed by atoms with Crippen molar-refractivity contribution >= 4 is 23.7 Å². The lowest BCUT2D eigenvalue weighted by Crippen LogP contribution is -2.28. The first-order chi connectivity index (χ1) is 11.5. The number of imide groups is 1. The predicted molar refractivity (Wildman–Crippen MR) is 81.9 cm³/mol. The van der Waals surface area contributed by atoms with Crippen LogP contribution in [-0.2, 0) is 9.59 Å². The summed E-state index contributed by atoms with van der Waals surface area (Å²) < 4.78 is 0. The fraction of sp³-hybridized carbons (Fsp3) is 0.312. The van der Waals surface area contributed by atoms with E-state index in [2.05, 4.69) is 5.10 Å². The SMILES string of the molecule is O=C1[C@@H]2[C@@H](C(=O)N1/N=C\c1ccc(O)c([N+](=O)[O-])c1)[C@H]1C=C[C@@H]2C1. The number of phenols is 1. The summed E-state index contributed by atoms with van der Waals surface area (Å²) in [6.45, 7) is 0. The molecule has 8 heteroatoms. The summed E-state index contributed by atoms with van der Waals surface area (Å²) in [5, 5.41) is 25.1. The molecule has 1 aliphatic heterocycles. The van der Waals surface area contributed by atoms with Crippen LogP contribution in [0.15, 0.2) is 35.5 Å². The lowest BCUT2D eigenvalue weighted by atomic mass is 9.85. The number of allylic oxidation sites excluding steroid dienone is 2. The molecule has 1 N–H and O–H groups in total. The van der Waals surface area contributed by atoms with Crippen LogP contribution in [0, 0.1) is 33.8 Å². The van der Waals surface area contributed by atoms with Crippen LogP contribution >= 0.6 is 0 Å². The number of rotatable bonds is 3. The van der Waals surface area contributed by atoms with Crippen LogP contribution in [0.25, 0.3) is 0 Å². The van der Waals surface area contributed by atoms with E-state index in [9.17, 15) is 24.8 Å². The molecule has 2 aliphatic carbocycles. The zero-order chi connectivity index (χ0) is 17.0. The van der Waals surface area contributed by atoms with Gasteiger partial charge in [0.25, 0.3) is 11.8 Å². The summed E-state index contributed by atoms with van der Waals surface area (Å²) in [6, 6.07) is 3.73. The van der Waals surface area contributed by atoms with Gasteiger partial charge in [0, 0.05) is 11.6 Å². The van der Waals surface area contributed by atoms with Crippen molar-refractivity contribution in [3.63, 3.8) is 0 Å². The Morgan fingerprint density at radius 1 is 1.21 bits per heavy atom. The minimum absolute atomic E-state index is 0.103. The molecule has 2 amide bonds. The molecule has 122 valence electrons. The minimum Gasteiger partial charge on any atom is -0.502 e. The van der Waals surface area contributed by atoms with E-state index in [1.54, 1.807) is 0 Å². The van der Waals surface area contributed by atoms with E-state index in [0.29, 0.717) is 5.56 Å². The van der Waals surface area contributed by atoms with Gasteiger partial charge in [-0.25, -0.2) is 0 Å². The number of hydrazone groups is 1. The maximum Gasteiger partial charge on any atom is 0.311 e. The predicted octanol–water partition coefficient (Wildman–Crippen LogP) is 1.44. The third-order valence-corrected chi connectivity index (χ3v) is 4.97. The minimum atomic E-state index is -0.716. The van der Waals surface area contributed by atoms with Gasteiger partial charge in [-0.3, -0.25) is 19.7 Å². The van der Waals surface area contributed by atoms with Gasteiger partial charge in [0.1, 0.15) is 0 Å². The van der Waals surface area contributed by atoms with Crippen LogP contribution in [0.2, 0.25) is 0 Å². The Bertz CT molecular complexity index is 801. The first-order valence-electron chi connectivity index (χ1n) is 7.55. The van der Waals surface area contributed by atoms with Gasteiger partial charge in [0.05, 0.1) is 23.0 Å². The third-order valence-electron chi connectivity index (χ3n) is 4.97. The zero-order valence-electron chi connectivity index (χ0n) is 12.4. The zero-order valence-corrected chi connectivity index (χ0v) is 12.4. The van der Waals surface area contributed by atoms with E-state index in [1.165, 1.54) is 18.3 Å². The second kappa shape index (κ2) is 4.98. The Hall–Kier alpha value is -3.03. The van der Waals surface area contributed by atoms with Gasteiger partial charge in [-0.1, -0.05) is 12.2 Å². The highest BCUT2D eigenvalue weighted by atomic mass is 16.6. The summed E-state index contributed by atoms with van der Waals surface area (Å²) in [5.74, 6) is -1.55. The summed E-state index contributed by atoms with van der Waals surface area (Å²) in [5.41, 5.74) is -0.143. The molecule has 8 nitrogen and oxygen atoms in total. The summed E-state index contributed by atoms with van der Waals surface area (Å²) in [6.07, 6.45) is 6.05. The third kappa shape index (κ3) is 1.96. The van der Waals surface area contributed by atoms with Crippen LogP contribution < -0.4 is 0 Å². The summed E-state index contributed by atoms with van der Waals surface area (Å²) in [7, 11) is 0. The van der Waals surface area contributed by atoms with Gasteiger partial charge >= 0.3 is 5.69 Å². The van der Waals surface area contributed by atoms with Gasteiger partial charge in [-0.15, -0.1) is 0 Å². The maximum absolute atomic E-state index is 12.4. The number of hydrogen-bond acceptors (Lipinski definition) is 6. The molecule has 1 heterocycles. The van der Waals surface area contributed by atoms with E-state index in [-0.39, 0.29) is 35.5 Å². The average molecular weight is 327 g/mol. The molecular formula is C16H13N3O5. The van der Waals surface area contributed by atoms with Gasteiger partial charge in [-0.05, 0) is 30.4 Å². The number of aromatic hydroxyl groups is 1. The molecule has 4 rings (SSSR count). The number of nitro benzene ring substituents is 1. The van der Waals surface area contributed by atoms with Crippen molar-refractivity contribution in [1.82, 2.24) is 5.01 Å². The fourth-order valence-corrected chi connectivity index (χ4v) is 3.89. The van der Waals surface area contributed by atoms with Crippen molar-refractivity contribution < 1.29 is 19.6 Å². The van der Waals surface area contributed by atoms with Crippen LogP contribution in [0.4, 0.5) is 5.69 Å². The Morgan fingerprint density at radius 3 is 2.42 bits per heavy atom. The van der Waals surface area contributed by atoms with Crippen molar-refractivity contribution in [2.75, 3.05) is 0 Å². The molecule has 1 aromatic carbocycles. The Morgan fingerprint density at radius 2 is 1.83 bits per heavy atom. The van der Waals surface area contributed by atoms with Crippen LogP contribution in [0.3, 0.4) is 0 Å². The number of carbonyl (C=O) groups is 2. The van der Waals surface area contributed by atoms with Crippen LogP contribution in [-0.4, -0.2) is 33.1 Å². The monoisotopic (exact) mass is 327 g/mol. The second-order valence-electron chi connectivity index (χ2n) is 6.24. The van der Waals surface area contributed by atoms with E-state index in [1.807, 2.05) is 12.2 Å². The molecule has 2 fully saturated rings. The number of nitro groups is 1. The topological polar surface area (TPSA) is 113 Å². The number of amides is 2. The number of benzene rings is 1. The number of fused-ring (bicyclic) bond motifs is 5. The van der Waals surface area contributed by atoms with Crippen molar-refractivity contribution in [2.45, 2.75) is 6.42 Å². The van der Waals surface area contributed by atoms with E-state index < -0.39 is 16.4 Å². The molecule has 0 aromatic heterocycles. The Labute approximate surface area is 136 Å². The largest absolute Gasteiger partial charge is 0.502 e. The molecule has 0 unspecified atom stereocenters. The molecule has 24 heavy (non-hydrogen) atoms. The molecular weight excluding hydrogens is 314 g/mol. The van der Waals surface area contributed by atoms with Crippen molar-refractivity contribution in [3.05, 3.63) is 46.0 Å². The normalized spacial score (nSPS) is 30.6. The molecule has 3 aliphatic rings. The molecule has 0 spiro atoms. The van der Waals surface area contributed by atoms with E-state index in [4.69, 9.17) is 0 Å². The van der Waals surface area contributed by atoms with Gasteiger partial charge < -0.3 is 5.11 Å². The molecule has 1 saturated carbocycles. The van der Waals surface area contributed by atoms with E-state index >= 15 is 0 Å². The van der Waals surface area contributed by atoms with Crippen molar-refractivity contribution in [2.24, 2.45) is 28.8 Å².